The van der Waals surface area contributed by atoms with Gasteiger partial charge in [0, 0.05) is 39.3 Å². The lowest BCUT2D eigenvalue weighted by molar-refractivity contribution is 1.18. The lowest BCUT2D eigenvalue weighted by Crippen LogP contribution is -1.98. The minimum absolute atomic E-state index is 0.750. The number of aromatic nitrogens is 2. The monoisotopic (exact) mass is 629 g/mol. The van der Waals surface area contributed by atoms with Gasteiger partial charge in [0.1, 0.15) is 0 Å². The summed E-state index contributed by atoms with van der Waals surface area (Å²) in [6.45, 7) is 15.4. The maximum atomic E-state index is 6.76. The molecule has 2 aromatic heterocycles. The van der Waals surface area contributed by atoms with Gasteiger partial charge in [-0.25, -0.2) is 0 Å². The van der Waals surface area contributed by atoms with Crippen LogP contribution in [0.2, 0.25) is 0 Å². The molecule has 242 valence electrons. The number of H-pyrrole nitrogens is 1. The lowest BCUT2D eigenvalue weighted by atomic mass is 9.98. The molecule has 3 heteroatoms. The van der Waals surface area contributed by atoms with Crippen molar-refractivity contribution in [3.63, 3.8) is 0 Å². The summed E-state index contributed by atoms with van der Waals surface area (Å²) in [5, 5.41) is 3.56. The predicted octanol–water partition coefficient (Wildman–Crippen LogP) is 12.3. The van der Waals surface area contributed by atoms with E-state index in [2.05, 4.69) is 133 Å². The largest absolute Gasteiger partial charge is 0.398 e. The highest BCUT2D eigenvalue weighted by Gasteiger charge is 2.15. The second-order valence-corrected chi connectivity index (χ2v) is 11.0. The molecule has 2 heterocycles. The van der Waals surface area contributed by atoms with E-state index in [9.17, 15) is 0 Å². The average Bonchev–Trinajstić information content (AvgIpc) is 3.71. The number of nitrogens with one attached hydrogen (secondary N) is 1. The molecule has 0 amide bonds. The van der Waals surface area contributed by atoms with Crippen molar-refractivity contribution in [1.82, 2.24) is 9.55 Å². The maximum Gasteiger partial charge on any atom is 0.0545 e. The first kappa shape index (κ1) is 35.1. The number of fused-ring (bicyclic) bond motifs is 4. The van der Waals surface area contributed by atoms with Crippen LogP contribution in [0.4, 0.5) is 0 Å². The van der Waals surface area contributed by atoms with Gasteiger partial charge >= 0.3 is 0 Å². The second-order valence-electron chi connectivity index (χ2n) is 11.0. The third-order valence-corrected chi connectivity index (χ3v) is 7.86. The first-order chi connectivity index (χ1) is 23.5. The van der Waals surface area contributed by atoms with E-state index in [0.717, 1.165) is 40.0 Å². The zero-order valence-corrected chi connectivity index (χ0v) is 28.7. The van der Waals surface area contributed by atoms with Crippen molar-refractivity contribution in [3.8, 4) is 0 Å². The fraction of sp³-hybridized carbons (Fsp3) is 0.111. The molecule has 6 aromatic rings. The van der Waals surface area contributed by atoms with Crippen molar-refractivity contribution in [2.24, 2.45) is 5.73 Å². The van der Waals surface area contributed by atoms with Crippen LogP contribution in [0.1, 0.15) is 49.9 Å². The average molecular weight is 630 g/mol. The van der Waals surface area contributed by atoms with Gasteiger partial charge in [-0.1, -0.05) is 136 Å². The minimum atomic E-state index is 0.750. The summed E-state index contributed by atoms with van der Waals surface area (Å²) < 4.78 is 2.32. The van der Waals surface area contributed by atoms with Crippen molar-refractivity contribution in [1.29, 1.82) is 0 Å². The molecule has 3 N–H and O–H groups in total. The molecule has 0 aliphatic rings. The molecular weight excluding hydrogens is 583 g/mol. The summed E-state index contributed by atoms with van der Waals surface area (Å²) in [5.41, 5.74) is 16.8. The molecule has 0 spiro atoms. The highest BCUT2D eigenvalue weighted by Crippen LogP contribution is 2.36. The number of rotatable bonds is 9. The number of aromatic amines is 1. The van der Waals surface area contributed by atoms with E-state index < -0.39 is 0 Å². The van der Waals surface area contributed by atoms with E-state index in [1.807, 2.05) is 63.4 Å². The molecular formula is C45H47N3. The SMILES string of the molecule is C=C/C=C\C=C(/C)n1c2ccc(/C(N)=C/c3ccccc3Cc3ccccc3)cc2c2cc3[nH]ccc3cc21.C=C/C=C\C=C/C.CC. The van der Waals surface area contributed by atoms with E-state index in [1.165, 1.54) is 32.8 Å². The summed E-state index contributed by atoms with van der Waals surface area (Å²) in [6.07, 6.45) is 22.3. The molecule has 0 atom stereocenters. The third-order valence-electron chi connectivity index (χ3n) is 7.86. The molecule has 3 nitrogen and oxygen atoms in total. The molecule has 48 heavy (non-hydrogen) atoms. The van der Waals surface area contributed by atoms with Crippen molar-refractivity contribution >= 4 is 50.2 Å². The number of nitrogens with two attached hydrogens (primary N) is 1. The Balaban J connectivity index is 0.000000516. The molecule has 0 unspecified atom stereocenters. The summed E-state index contributed by atoms with van der Waals surface area (Å²) in [7, 11) is 0. The van der Waals surface area contributed by atoms with E-state index in [4.69, 9.17) is 5.73 Å². The number of benzene rings is 4. The first-order valence-corrected chi connectivity index (χ1v) is 16.6. The summed E-state index contributed by atoms with van der Waals surface area (Å²) in [4.78, 5) is 3.37. The Morgan fingerprint density at radius 3 is 2.23 bits per heavy atom. The zero-order chi connectivity index (χ0) is 34.3. The van der Waals surface area contributed by atoms with Gasteiger partial charge in [0.25, 0.3) is 0 Å². The van der Waals surface area contributed by atoms with Crippen LogP contribution in [0.5, 0.6) is 0 Å². The van der Waals surface area contributed by atoms with E-state index >= 15 is 0 Å². The smallest absolute Gasteiger partial charge is 0.0545 e. The van der Waals surface area contributed by atoms with E-state index in [1.54, 1.807) is 12.2 Å². The number of hydrogen-bond acceptors (Lipinski definition) is 1. The number of hydrogen-bond donors (Lipinski definition) is 2. The van der Waals surface area contributed by atoms with Crippen LogP contribution < -0.4 is 5.73 Å². The summed E-state index contributed by atoms with van der Waals surface area (Å²) >= 11 is 0. The zero-order valence-electron chi connectivity index (χ0n) is 28.7. The van der Waals surface area contributed by atoms with Gasteiger partial charge in [-0.2, -0.15) is 0 Å². The standard InChI is InChI=1S/C36H31N3.C7H10.C2H6/c1-3-4-6-11-25(2)39-35-17-16-29(21-31(35)32-24-34-30(18-19-38-34)23-36(32)39)33(37)22-28-15-10-9-14-27(28)20-26-12-7-5-8-13-26;1-3-5-7-6-4-2;1-2/h3-19,21-24,38H,1,20,37H2,2H3;3-7H,1H2,2H3;1-2H3/b6-4-,25-11+,33-22-;6-4-,7-5-;. The Labute approximate surface area is 286 Å². The van der Waals surface area contributed by atoms with Crippen molar-refractivity contribution in [2.45, 2.75) is 34.1 Å². The second kappa shape index (κ2) is 17.8. The quantitative estimate of drug-likeness (QED) is 0.121. The van der Waals surface area contributed by atoms with E-state index in [0.29, 0.717) is 0 Å². The Bertz CT molecular complexity index is 2130. The fourth-order valence-electron chi connectivity index (χ4n) is 5.63. The van der Waals surface area contributed by atoms with Gasteiger partial charge < -0.3 is 15.3 Å². The van der Waals surface area contributed by atoms with Gasteiger partial charge in [0.15, 0.2) is 0 Å². The first-order valence-electron chi connectivity index (χ1n) is 16.6. The molecule has 0 fully saturated rings. The lowest BCUT2D eigenvalue weighted by Gasteiger charge is -2.10. The van der Waals surface area contributed by atoms with Crippen LogP contribution in [0.25, 0.3) is 50.2 Å². The molecule has 0 saturated heterocycles. The van der Waals surface area contributed by atoms with Gasteiger partial charge in [-0.15, -0.1) is 0 Å². The topological polar surface area (TPSA) is 46.7 Å². The fourth-order valence-corrected chi connectivity index (χ4v) is 5.63. The summed E-state index contributed by atoms with van der Waals surface area (Å²) in [6, 6.07) is 32.2. The molecule has 4 aromatic carbocycles. The van der Waals surface area contributed by atoms with Crippen molar-refractivity contribution in [2.75, 3.05) is 0 Å². The van der Waals surface area contributed by atoms with Gasteiger partial charge in [0.2, 0.25) is 0 Å². The Morgan fingerprint density at radius 1 is 0.771 bits per heavy atom. The van der Waals surface area contributed by atoms with E-state index in [-0.39, 0.29) is 0 Å². The molecule has 0 aliphatic heterocycles. The Morgan fingerprint density at radius 2 is 1.48 bits per heavy atom. The van der Waals surface area contributed by atoms with Gasteiger partial charge in [-0.3, -0.25) is 0 Å². The Hall–Kier alpha value is -5.80. The van der Waals surface area contributed by atoms with Gasteiger partial charge in [0.05, 0.1) is 11.0 Å². The molecule has 0 radical (unpaired) electrons. The number of allylic oxidation sites excluding steroid dienone is 10. The van der Waals surface area contributed by atoms with Crippen LogP contribution in [-0.2, 0) is 6.42 Å². The van der Waals surface area contributed by atoms with Crippen LogP contribution in [0.15, 0.2) is 165 Å². The maximum absolute atomic E-state index is 6.76. The highest BCUT2D eigenvalue weighted by molar-refractivity contribution is 6.14. The molecule has 0 aliphatic carbocycles. The summed E-state index contributed by atoms with van der Waals surface area (Å²) in [5.74, 6) is 0. The molecule has 0 saturated carbocycles. The van der Waals surface area contributed by atoms with Crippen LogP contribution in [0, 0.1) is 0 Å². The number of nitrogens with zero attached hydrogens (tertiary/aromatic N) is 1. The minimum Gasteiger partial charge on any atom is -0.398 e. The normalized spacial score (nSPS) is 12.1. The van der Waals surface area contributed by atoms with Crippen LogP contribution >= 0.6 is 0 Å². The van der Waals surface area contributed by atoms with Gasteiger partial charge in [-0.05, 0) is 85.0 Å². The van der Waals surface area contributed by atoms with Crippen molar-refractivity contribution < 1.29 is 0 Å². The predicted molar refractivity (Wildman–Crippen MR) is 214 cm³/mol. The van der Waals surface area contributed by atoms with Crippen molar-refractivity contribution in [3.05, 3.63) is 187 Å². The Kier molecular flexibility index (Phi) is 13.0. The molecule has 6 rings (SSSR count). The van der Waals surface area contributed by atoms with Crippen LogP contribution in [0.3, 0.4) is 0 Å². The van der Waals surface area contributed by atoms with Crippen LogP contribution in [-0.4, -0.2) is 9.55 Å². The third kappa shape index (κ3) is 8.51. The highest BCUT2D eigenvalue weighted by atomic mass is 15.0. The molecule has 0 bridgehead atoms.